The van der Waals surface area contributed by atoms with Gasteiger partial charge in [0.05, 0.1) is 6.04 Å². The van der Waals surface area contributed by atoms with Gasteiger partial charge in [0.25, 0.3) is 0 Å². The number of thiophene rings is 1. The van der Waals surface area contributed by atoms with Crippen molar-refractivity contribution in [3.63, 3.8) is 0 Å². The lowest BCUT2D eigenvalue weighted by Gasteiger charge is -2.23. The fourth-order valence-corrected chi connectivity index (χ4v) is 3.38. The standard InChI is InChI=1S/C19H24N2OS/c1-14-7-8-16(15(2)12-14)9-10-19(22)20-13-17(21(3)4)18-6-5-11-23-18/h5-12,17H,13H2,1-4H3,(H,20,22)/b10-9+. The topological polar surface area (TPSA) is 32.3 Å². The first-order valence-corrected chi connectivity index (χ1v) is 8.58. The Bertz CT molecular complexity index is 675. The fraction of sp³-hybridized carbons (Fsp3) is 0.316. The first-order chi connectivity index (χ1) is 11.0. The van der Waals surface area contributed by atoms with Gasteiger partial charge in [-0.1, -0.05) is 29.8 Å². The molecule has 1 aromatic carbocycles. The van der Waals surface area contributed by atoms with Crippen LogP contribution in [0.25, 0.3) is 6.08 Å². The second kappa shape index (κ2) is 8.09. The SMILES string of the molecule is Cc1ccc(/C=C/C(=O)NCC(c2cccs2)N(C)C)c(C)c1. The first-order valence-electron chi connectivity index (χ1n) is 7.70. The number of benzene rings is 1. The first kappa shape index (κ1) is 17.4. The van der Waals surface area contributed by atoms with Crippen LogP contribution in [0.1, 0.15) is 27.6 Å². The Kier molecular flexibility index (Phi) is 6.13. The molecule has 1 heterocycles. The minimum absolute atomic E-state index is 0.0617. The van der Waals surface area contributed by atoms with E-state index < -0.39 is 0 Å². The van der Waals surface area contributed by atoms with E-state index in [1.165, 1.54) is 16.0 Å². The summed E-state index contributed by atoms with van der Waals surface area (Å²) in [6.07, 6.45) is 3.48. The van der Waals surface area contributed by atoms with Crippen LogP contribution in [0.15, 0.2) is 41.8 Å². The molecule has 0 saturated carbocycles. The molecule has 2 aromatic rings. The molecule has 0 aliphatic carbocycles. The van der Waals surface area contributed by atoms with Gasteiger partial charge in [-0.25, -0.2) is 0 Å². The summed E-state index contributed by atoms with van der Waals surface area (Å²) in [5.41, 5.74) is 3.49. The van der Waals surface area contributed by atoms with Gasteiger partial charge >= 0.3 is 0 Å². The number of nitrogens with zero attached hydrogens (tertiary/aromatic N) is 1. The number of carbonyl (C=O) groups excluding carboxylic acids is 1. The quantitative estimate of drug-likeness (QED) is 0.818. The van der Waals surface area contributed by atoms with Crippen molar-refractivity contribution in [2.75, 3.05) is 20.6 Å². The van der Waals surface area contributed by atoms with Gasteiger partial charge in [-0.2, -0.15) is 0 Å². The molecule has 1 unspecified atom stereocenters. The summed E-state index contributed by atoms with van der Waals surface area (Å²) in [6, 6.07) is 10.6. The third kappa shape index (κ3) is 5.05. The van der Waals surface area contributed by atoms with Crippen LogP contribution in [0.4, 0.5) is 0 Å². The van der Waals surface area contributed by atoms with E-state index in [4.69, 9.17) is 0 Å². The summed E-state index contributed by atoms with van der Waals surface area (Å²) in [4.78, 5) is 15.5. The highest BCUT2D eigenvalue weighted by atomic mass is 32.1. The van der Waals surface area contributed by atoms with Gasteiger partial charge in [0.2, 0.25) is 5.91 Å². The average molecular weight is 328 g/mol. The molecule has 0 aliphatic rings. The Morgan fingerprint density at radius 1 is 1.30 bits per heavy atom. The van der Waals surface area contributed by atoms with Gasteiger partial charge < -0.3 is 10.2 Å². The van der Waals surface area contributed by atoms with Crippen LogP contribution >= 0.6 is 11.3 Å². The van der Waals surface area contributed by atoms with E-state index >= 15 is 0 Å². The molecule has 122 valence electrons. The molecule has 0 radical (unpaired) electrons. The molecule has 1 N–H and O–H groups in total. The summed E-state index contributed by atoms with van der Waals surface area (Å²) in [5, 5.41) is 5.06. The van der Waals surface area contributed by atoms with Crippen molar-refractivity contribution in [1.29, 1.82) is 0 Å². The minimum Gasteiger partial charge on any atom is -0.351 e. The minimum atomic E-state index is -0.0617. The largest absolute Gasteiger partial charge is 0.351 e. The number of rotatable bonds is 6. The van der Waals surface area contributed by atoms with E-state index in [1.54, 1.807) is 17.4 Å². The molecule has 2 rings (SSSR count). The summed E-state index contributed by atoms with van der Waals surface area (Å²) in [6.45, 7) is 4.73. The number of likely N-dealkylation sites (N-methyl/N-ethyl adjacent to an activating group) is 1. The molecule has 3 nitrogen and oxygen atoms in total. The molecular formula is C19H24N2OS. The zero-order valence-corrected chi connectivity index (χ0v) is 15.0. The maximum Gasteiger partial charge on any atom is 0.244 e. The maximum absolute atomic E-state index is 12.1. The number of hydrogen-bond donors (Lipinski definition) is 1. The molecule has 1 aromatic heterocycles. The van der Waals surface area contributed by atoms with Gasteiger partial charge in [0.15, 0.2) is 0 Å². The number of nitrogens with one attached hydrogen (secondary N) is 1. The Balaban J connectivity index is 1.95. The molecule has 1 amide bonds. The second-order valence-corrected chi connectivity index (χ2v) is 6.91. The highest BCUT2D eigenvalue weighted by molar-refractivity contribution is 7.10. The van der Waals surface area contributed by atoms with E-state index in [1.807, 2.05) is 32.3 Å². The van der Waals surface area contributed by atoms with Crippen LogP contribution in [0.2, 0.25) is 0 Å². The van der Waals surface area contributed by atoms with Crippen LogP contribution in [-0.2, 0) is 4.79 Å². The van der Waals surface area contributed by atoms with Crippen LogP contribution < -0.4 is 5.32 Å². The second-order valence-electron chi connectivity index (χ2n) is 5.93. The zero-order chi connectivity index (χ0) is 16.8. The van der Waals surface area contributed by atoms with E-state index in [0.717, 1.165) is 5.56 Å². The molecule has 4 heteroatoms. The van der Waals surface area contributed by atoms with Crippen LogP contribution in [0, 0.1) is 13.8 Å². The molecule has 1 atom stereocenters. The number of aryl methyl sites for hydroxylation is 2. The molecule has 0 spiro atoms. The maximum atomic E-state index is 12.1. The third-order valence-electron chi connectivity index (χ3n) is 3.80. The van der Waals surface area contributed by atoms with Gasteiger partial charge in [-0.15, -0.1) is 11.3 Å². The van der Waals surface area contributed by atoms with Crippen molar-refractivity contribution >= 4 is 23.3 Å². The Hall–Kier alpha value is -1.91. The molecule has 0 aliphatic heterocycles. The Labute approximate surface area is 142 Å². The summed E-state index contributed by atoms with van der Waals surface area (Å²) in [5.74, 6) is -0.0617. The molecule has 0 bridgehead atoms. The van der Waals surface area contributed by atoms with Crippen LogP contribution in [0.5, 0.6) is 0 Å². The van der Waals surface area contributed by atoms with Crippen molar-refractivity contribution < 1.29 is 4.79 Å². The monoisotopic (exact) mass is 328 g/mol. The normalized spacial score (nSPS) is 12.7. The molecule has 23 heavy (non-hydrogen) atoms. The summed E-state index contributed by atoms with van der Waals surface area (Å²) < 4.78 is 0. The lowest BCUT2D eigenvalue weighted by Crippen LogP contribution is -2.33. The van der Waals surface area contributed by atoms with Gasteiger partial charge in [-0.05, 0) is 56.6 Å². The fourth-order valence-electron chi connectivity index (χ4n) is 2.45. The third-order valence-corrected chi connectivity index (χ3v) is 4.78. The zero-order valence-electron chi connectivity index (χ0n) is 14.2. The van der Waals surface area contributed by atoms with E-state index in [-0.39, 0.29) is 11.9 Å². The Morgan fingerprint density at radius 3 is 2.70 bits per heavy atom. The lowest BCUT2D eigenvalue weighted by molar-refractivity contribution is -0.116. The van der Waals surface area contributed by atoms with E-state index in [2.05, 4.69) is 47.6 Å². The highest BCUT2D eigenvalue weighted by Gasteiger charge is 2.15. The smallest absolute Gasteiger partial charge is 0.244 e. The number of hydrogen-bond acceptors (Lipinski definition) is 3. The molecule has 0 fully saturated rings. The highest BCUT2D eigenvalue weighted by Crippen LogP contribution is 2.22. The van der Waals surface area contributed by atoms with Crippen molar-refractivity contribution in [3.05, 3.63) is 63.4 Å². The lowest BCUT2D eigenvalue weighted by atomic mass is 10.1. The summed E-state index contributed by atoms with van der Waals surface area (Å²) >= 11 is 1.71. The van der Waals surface area contributed by atoms with Gasteiger partial charge in [-0.3, -0.25) is 4.79 Å². The van der Waals surface area contributed by atoms with Crippen molar-refractivity contribution in [2.45, 2.75) is 19.9 Å². The van der Waals surface area contributed by atoms with Crippen molar-refractivity contribution in [3.8, 4) is 0 Å². The number of amides is 1. The van der Waals surface area contributed by atoms with E-state index in [0.29, 0.717) is 6.54 Å². The number of carbonyl (C=O) groups is 1. The van der Waals surface area contributed by atoms with Crippen molar-refractivity contribution in [1.82, 2.24) is 10.2 Å². The molecule has 0 saturated heterocycles. The van der Waals surface area contributed by atoms with Crippen molar-refractivity contribution in [2.24, 2.45) is 0 Å². The predicted molar refractivity (Wildman–Crippen MR) is 98.7 cm³/mol. The van der Waals surface area contributed by atoms with Crippen LogP contribution in [0.3, 0.4) is 0 Å². The predicted octanol–water partition coefficient (Wildman–Crippen LogP) is 3.80. The van der Waals surface area contributed by atoms with Gasteiger partial charge in [0, 0.05) is 17.5 Å². The summed E-state index contributed by atoms with van der Waals surface area (Å²) in [7, 11) is 4.06. The Morgan fingerprint density at radius 2 is 2.09 bits per heavy atom. The average Bonchev–Trinajstić information content (AvgIpc) is 3.00. The molecular weight excluding hydrogens is 304 g/mol. The van der Waals surface area contributed by atoms with Gasteiger partial charge in [0.1, 0.15) is 0 Å². The van der Waals surface area contributed by atoms with E-state index in [9.17, 15) is 4.79 Å². The van der Waals surface area contributed by atoms with Crippen LogP contribution in [-0.4, -0.2) is 31.4 Å².